The van der Waals surface area contributed by atoms with Crippen LogP contribution in [-0.2, 0) is 9.53 Å². The zero-order valence-electron chi connectivity index (χ0n) is 9.11. The van der Waals surface area contributed by atoms with E-state index in [0.29, 0.717) is 5.92 Å². The summed E-state index contributed by atoms with van der Waals surface area (Å²) in [6.45, 7) is 1.58. The maximum absolute atomic E-state index is 11.7. The van der Waals surface area contributed by atoms with E-state index in [2.05, 4.69) is 0 Å². The first-order chi connectivity index (χ1) is 7.08. The van der Waals surface area contributed by atoms with Gasteiger partial charge in [0.25, 0.3) is 0 Å². The summed E-state index contributed by atoms with van der Waals surface area (Å²) < 4.78 is 5.44. The zero-order chi connectivity index (χ0) is 10.9. The van der Waals surface area contributed by atoms with Gasteiger partial charge in [-0.15, -0.1) is 0 Å². The molecule has 1 N–H and O–H groups in total. The maximum atomic E-state index is 11.7. The third-order valence-corrected chi connectivity index (χ3v) is 3.28. The van der Waals surface area contributed by atoms with Gasteiger partial charge in [0.05, 0.1) is 0 Å². The van der Waals surface area contributed by atoms with Gasteiger partial charge in [-0.1, -0.05) is 19.3 Å². The van der Waals surface area contributed by atoms with E-state index in [4.69, 9.17) is 4.74 Å². The van der Waals surface area contributed by atoms with Crippen molar-refractivity contribution in [3.8, 4) is 0 Å². The molecule has 1 aliphatic heterocycles. The molecule has 3 nitrogen and oxygen atoms in total. The topological polar surface area (TPSA) is 46.5 Å². The zero-order valence-corrected chi connectivity index (χ0v) is 9.11. The number of carbonyl (C=O) groups is 1. The molecule has 0 amide bonds. The molecule has 2 unspecified atom stereocenters. The number of rotatable bonds is 1. The third kappa shape index (κ3) is 2.47. The maximum Gasteiger partial charge on any atom is 0.184 e. The Balaban J connectivity index is 2.08. The summed E-state index contributed by atoms with van der Waals surface area (Å²) in [6.07, 6.45) is 8.14. The fourth-order valence-corrected chi connectivity index (χ4v) is 2.45. The van der Waals surface area contributed by atoms with Crippen molar-refractivity contribution < 1.29 is 14.6 Å². The lowest BCUT2D eigenvalue weighted by atomic mass is 9.83. The molecule has 2 aliphatic rings. The minimum absolute atomic E-state index is 0.00780. The van der Waals surface area contributed by atoms with Gasteiger partial charge in [-0.3, -0.25) is 4.79 Å². The van der Waals surface area contributed by atoms with Crippen molar-refractivity contribution >= 4 is 5.78 Å². The first-order valence-corrected chi connectivity index (χ1v) is 5.72. The van der Waals surface area contributed by atoms with Gasteiger partial charge < -0.3 is 9.84 Å². The van der Waals surface area contributed by atoms with E-state index in [1.54, 1.807) is 6.92 Å². The molecule has 0 saturated heterocycles. The summed E-state index contributed by atoms with van der Waals surface area (Å²) in [5, 5.41) is 9.73. The van der Waals surface area contributed by atoms with Crippen molar-refractivity contribution in [1.82, 2.24) is 0 Å². The summed E-state index contributed by atoms with van der Waals surface area (Å²) in [6, 6.07) is 0. The van der Waals surface area contributed by atoms with E-state index in [0.717, 1.165) is 12.8 Å². The monoisotopic (exact) mass is 210 g/mol. The number of ether oxygens (including phenoxy) is 1. The predicted octanol–water partition coefficient (Wildman–Crippen LogP) is 1.80. The molecule has 0 spiro atoms. The molecule has 15 heavy (non-hydrogen) atoms. The quantitative estimate of drug-likeness (QED) is 0.717. The molecule has 2 rings (SSSR count). The number of hydrogen-bond donors (Lipinski definition) is 1. The smallest absolute Gasteiger partial charge is 0.184 e. The summed E-state index contributed by atoms with van der Waals surface area (Å²) >= 11 is 0. The van der Waals surface area contributed by atoms with Crippen LogP contribution in [0, 0.1) is 5.92 Å². The van der Waals surface area contributed by atoms with E-state index in [1.807, 2.05) is 0 Å². The number of carbonyl (C=O) groups excluding carboxylic acids is 1. The van der Waals surface area contributed by atoms with Gasteiger partial charge in [-0.2, -0.15) is 0 Å². The van der Waals surface area contributed by atoms with Crippen LogP contribution in [0.4, 0.5) is 0 Å². The average molecular weight is 210 g/mol. The highest BCUT2D eigenvalue weighted by Crippen LogP contribution is 2.32. The Morgan fingerprint density at radius 1 is 1.40 bits per heavy atom. The molecule has 2 atom stereocenters. The van der Waals surface area contributed by atoms with Crippen LogP contribution in [0.15, 0.2) is 12.2 Å². The summed E-state index contributed by atoms with van der Waals surface area (Å²) in [7, 11) is 0. The molecule has 1 fully saturated rings. The molecule has 1 saturated carbocycles. The van der Waals surface area contributed by atoms with E-state index in [1.165, 1.54) is 31.4 Å². The van der Waals surface area contributed by atoms with Crippen LogP contribution < -0.4 is 0 Å². The van der Waals surface area contributed by atoms with Crippen molar-refractivity contribution in [2.75, 3.05) is 0 Å². The lowest BCUT2D eigenvalue weighted by molar-refractivity contribution is -0.204. The predicted molar refractivity (Wildman–Crippen MR) is 56.2 cm³/mol. The molecule has 0 bridgehead atoms. The standard InChI is InChI=1S/C12H18O3/c1-12(14)8-7-10(13)11(15-12)9-5-3-2-4-6-9/h7-9,11,14H,2-6H2,1H3. The number of aliphatic hydroxyl groups is 1. The molecule has 1 aliphatic carbocycles. The van der Waals surface area contributed by atoms with Gasteiger partial charge in [0.2, 0.25) is 0 Å². The van der Waals surface area contributed by atoms with Gasteiger partial charge >= 0.3 is 0 Å². The highest BCUT2D eigenvalue weighted by atomic mass is 16.6. The largest absolute Gasteiger partial charge is 0.362 e. The SMILES string of the molecule is CC1(O)C=CC(=O)C(C2CCCCC2)O1. The van der Waals surface area contributed by atoms with Crippen LogP contribution >= 0.6 is 0 Å². The number of ketones is 1. The second kappa shape index (κ2) is 4.06. The van der Waals surface area contributed by atoms with E-state index in [-0.39, 0.29) is 5.78 Å². The minimum atomic E-state index is -1.27. The van der Waals surface area contributed by atoms with Crippen LogP contribution in [0.25, 0.3) is 0 Å². The van der Waals surface area contributed by atoms with Crippen molar-refractivity contribution in [2.24, 2.45) is 5.92 Å². The Morgan fingerprint density at radius 2 is 2.07 bits per heavy atom. The van der Waals surface area contributed by atoms with E-state index < -0.39 is 11.9 Å². The number of hydrogen-bond acceptors (Lipinski definition) is 3. The Hall–Kier alpha value is -0.670. The Labute approximate surface area is 90.1 Å². The third-order valence-electron chi connectivity index (χ3n) is 3.28. The molecule has 0 aromatic rings. The molecular weight excluding hydrogens is 192 g/mol. The van der Waals surface area contributed by atoms with Gasteiger partial charge in [-0.05, 0) is 37.8 Å². The molecule has 3 heteroatoms. The van der Waals surface area contributed by atoms with Gasteiger partial charge in [0.15, 0.2) is 11.6 Å². The normalized spacial score (nSPS) is 38.3. The van der Waals surface area contributed by atoms with Crippen molar-refractivity contribution in [3.63, 3.8) is 0 Å². The van der Waals surface area contributed by atoms with Gasteiger partial charge in [-0.25, -0.2) is 0 Å². The molecule has 0 radical (unpaired) electrons. The average Bonchev–Trinajstić information content (AvgIpc) is 2.23. The van der Waals surface area contributed by atoms with E-state index >= 15 is 0 Å². The van der Waals surface area contributed by atoms with Gasteiger partial charge in [0.1, 0.15) is 6.10 Å². The Bertz CT molecular complexity index is 275. The lowest BCUT2D eigenvalue weighted by Gasteiger charge is -2.35. The molecular formula is C12H18O3. The molecule has 0 aromatic carbocycles. The highest BCUT2D eigenvalue weighted by molar-refractivity contribution is 5.94. The fraction of sp³-hybridized carbons (Fsp3) is 0.750. The second-order valence-electron chi connectivity index (χ2n) is 4.73. The van der Waals surface area contributed by atoms with Crippen molar-refractivity contribution in [3.05, 3.63) is 12.2 Å². The van der Waals surface area contributed by atoms with E-state index in [9.17, 15) is 9.90 Å². The lowest BCUT2D eigenvalue weighted by Crippen LogP contribution is -2.44. The van der Waals surface area contributed by atoms with Crippen molar-refractivity contribution in [1.29, 1.82) is 0 Å². The molecule has 0 aromatic heterocycles. The molecule has 1 heterocycles. The minimum Gasteiger partial charge on any atom is -0.362 e. The first-order valence-electron chi connectivity index (χ1n) is 5.72. The molecule has 84 valence electrons. The highest BCUT2D eigenvalue weighted by Gasteiger charge is 2.37. The fourth-order valence-electron chi connectivity index (χ4n) is 2.45. The van der Waals surface area contributed by atoms with Crippen LogP contribution in [0.5, 0.6) is 0 Å². The Morgan fingerprint density at radius 3 is 2.73 bits per heavy atom. The van der Waals surface area contributed by atoms with Crippen LogP contribution in [-0.4, -0.2) is 22.8 Å². The summed E-state index contributed by atoms with van der Waals surface area (Å²) in [5.74, 6) is -0.966. The van der Waals surface area contributed by atoms with Crippen LogP contribution in [0.1, 0.15) is 39.0 Å². The second-order valence-corrected chi connectivity index (χ2v) is 4.73. The summed E-state index contributed by atoms with van der Waals surface area (Å²) in [5.41, 5.74) is 0. The Kier molecular flexibility index (Phi) is 2.94. The van der Waals surface area contributed by atoms with Gasteiger partial charge in [0, 0.05) is 0 Å². The summed E-state index contributed by atoms with van der Waals surface area (Å²) in [4.78, 5) is 11.7. The van der Waals surface area contributed by atoms with Crippen LogP contribution in [0.2, 0.25) is 0 Å². The van der Waals surface area contributed by atoms with Crippen LogP contribution in [0.3, 0.4) is 0 Å². The first kappa shape index (κ1) is 10.8. The van der Waals surface area contributed by atoms with Crippen molar-refractivity contribution in [2.45, 2.75) is 50.9 Å².